The van der Waals surface area contributed by atoms with Gasteiger partial charge < -0.3 is 20.7 Å². The number of methoxy groups -OCH3 is 1. The number of nitro groups is 1. The van der Waals surface area contributed by atoms with Crippen molar-refractivity contribution < 1.29 is 19.2 Å². The molecule has 9 heteroatoms. The number of carbonyl (C=O) groups is 2. The number of carbonyl (C=O) groups excluding carboxylic acids is 2. The molecule has 3 rings (SSSR count). The van der Waals surface area contributed by atoms with E-state index in [2.05, 4.69) is 22.5 Å². The van der Waals surface area contributed by atoms with Gasteiger partial charge in [-0.3, -0.25) is 14.9 Å². The summed E-state index contributed by atoms with van der Waals surface area (Å²) >= 11 is 0. The number of ether oxygens (including phenoxy) is 1. The fourth-order valence-electron chi connectivity index (χ4n) is 3.23. The molecule has 9 nitrogen and oxygen atoms in total. The topological polar surface area (TPSA) is 123 Å². The summed E-state index contributed by atoms with van der Waals surface area (Å²) in [6.07, 6.45) is 0. The number of nitro benzene ring substituents is 1. The molecule has 2 aromatic carbocycles. The van der Waals surface area contributed by atoms with Crippen LogP contribution in [0.2, 0.25) is 0 Å². The smallest absolute Gasteiger partial charge is 0.319 e. The molecule has 3 N–H and O–H groups in total. The van der Waals surface area contributed by atoms with Crippen LogP contribution in [0, 0.1) is 16.0 Å². The molecule has 1 aliphatic rings. The Morgan fingerprint density at radius 2 is 2.00 bits per heavy atom. The third-order valence-electron chi connectivity index (χ3n) is 4.62. The highest BCUT2D eigenvalue weighted by Gasteiger charge is 2.39. The molecule has 0 radical (unpaired) electrons. The molecular weight excluding hydrogens is 376 g/mol. The molecule has 150 valence electrons. The van der Waals surface area contributed by atoms with E-state index in [0.29, 0.717) is 11.3 Å². The average molecular weight is 396 g/mol. The zero-order valence-electron chi connectivity index (χ0n) is 15.7. The summed E-state index contributed by atoms with van der Waals surface area (Å²) in [5.74, 6) is -0.964. The van der Waals surface area contributed by atoms with Crippen LogP contribution in [-0.2, 0) is 11.3 Å². The summed E-state index contributed by atoms with van der Waals surface area (Å²) in [7, 11) is 1.41. The van der Waals surface area contributed by atoms with Crippen molar-refractivity contribution in [3.05, 3.63) is 82.0 Å². The Morgan fingerprint density at radius 1 is 1.28 bits per heavy atom. The highest BCUT2D eigenvalue weighted by atomic mass is 16.6. The van der Waals surface area contributed by atoms with Gasteiger partial charge in [-0.1, -0.05) is 36.9 Å². The lowest BCUT2D eigenvalue weighted by Crippen LogP contribution is -2.53. The number of hydrogen-bond acceptors (Lipinski definition) is 5. The molecule has 0 bridgehead atoms. The Kier molecular flexibility index (Phi) is 5.77. The van der Waals surface area contributed by atoms with Crippen molar-refractivity contribution in [1.29, 1.82) is 0 Å². The Bertz CT molecular complexity index is 961. The first-order valence-electron chi connectivity index (χ1n) is 8.81. The maximum Gasteiger partial charge on any atom is 0.319 e. The van der Waals surface area contributed by atoms with Gasteiger partial charge in [-0.05, 0) is 11.6 Å². The van der Waals surface area contributed by atoms with Gasteiger partial charge in [0.2, 0.25) is 5.91 Å². The quantitative estimate of drug-likeness (QED) is 0.511. The maximum atomic E-state index is 13.0. The van der Waals surface area contributed by atoms with Crippen LogP contribution in [0.5, 0.6) is 5.75 Å². The molecule has 1 fully saturated rings. The molecule has 1 saturated heterocycles. The van der Waals surface area contributed by atoms with Crippen molar-refractivity contribution in [2.75, 3.05) is 7.11 Å². The van der Waals surface area contributed by atoms with E-state index in [9.17, 15) is 19.7 Å². The summed E-state index contributed by atoms with van der Waals surface area (Å²) in [4.78, 5) is 35.6. The standard InChI is InChI=1S/C20H20N4O5/c1-12-17(19(25)21-11-13-6-4-3-5-7-13)18(23-20(26)22-12)15-10-14(24(27)28)8-9-16(15)29-2/h3-10,17-18H,1,11H2,2H3,(H,21,25)(H2,22,23,26)/t17-,18-/m0/s1. The van der Waals surface area contributed by atoms with Crippen LogP contribution in [-0.4, -0.2) is 24.0 Å². The number of nitrogens with one attached hydrogen (secondary N) is 3. The average Bonchev–Trinajstić information content (AvgIpc) is 2.71. The van der Waals surface area contributed by atoms with Crippen LogP contribution < -0.4 is 20.7 Å². The molecule has 2 aromatic rings. The van der Waals surface area contributed by atoms with Crippen LogP contribution in [0.15, 0.2) is 60.8 Å². The zero-order valence-corrected chi connectivity index (χ0v) is 15.7. The Labute approximate surface area is 166 Å². The third kappa shape index (κ3) is 4.34. The fraction of sp³-hybridized carbons (Fsp3) is 0.200. The Balaban J connectivity index is 1.93. The molecule has 0 aromatic heterocycles. The van der Waals surface area contributed by atoms with Gasteiger partial charge in [0, 0.05) is 29.9 Å². The lowest BCUT2D eigenvalue weighted by atomic mass is 9.87. The molecule has 0 unspecified atom stereocenters. The number of urea groups is 1. The fourth-order valence-corrected chi connectivity index (χ4v) is 3.23. The summed E-state index contributed by atoms with van der Waals surface area (Å²) in [5, 5.41) is 19.2. The van der Waals surface area contributed by atoms with Gasteiger partial charge in [0.1, 0.15) is 11.7 Å². The normalized spacial score (nSPS) is 18.4. The SMILES string of the molecule is C=C1NC(=O)N[C@@H](c2cc([N+](=O)[O-])ccc2OC)[C@H]1C(=O)NCc1ccccc1. The first kappa shape index (κ1) is 19.9. The molecule has 1 heterocycles. The van der Waals surface area contributed by atoms with E-state index < -0.39 is 22.9 Å². The highest BCUT2D eigenvalue weighted by molar-refractivity contribution is 5.88. The van der Waals surface area contributed by atoms with Crippen molar-refractivity contribution in [3.63, 3.8) is 0 Å². The first-order valence-corrected chi connectivity index (χ1v) is 8.81. The van der Waals surface area contributed by atoms with Crippen molar-refractivity contribution in [2.45, 2.75) is 12.6 Å². The van der Waals surface area contributed by atoms with Gasteiger partial charge in [-0.25, -0.2) is 4.79 Å². The minimum Gasteiger partial charge on any atom is -0.496 e. The third-order valence-corrected chi connectivity index (χ3v) is 4.62. The molecule has 2 atom stereocenters. The van der Waals surface area contributed by atoms with Crippen LogP contribution in [0.1, 0.15) is 17.2 Å². The van der Waals surface area contributed by atoms with E-state index in [4.69, 9.17) is 4.74 Å². The second kappa shape index (κ2) is 8.42. The molecule has 0 spiro atoms. The Hall–Kier alpha value is -3.88. The van der Waals surface area contributed by atoms with Gasteiger partial charge in [0.05, 0.1) is 18.1 Å². The van der Waals surface area contributed by atoms with Crippen molar-refractivity contribution in [3.8, 4) is 5.75 Å². The molecule has 29 heavy (non-hydrogen) atoms. The summed E-state index contributed by atoms with van der Waals surface area (Å²) < 4.78 is 5.31. The number of non-ortho nitro benzene ring substituents is 1. The van der Waals surface area contributed by atoms with Gasteiger partial charge in [0.25, 0.3) is 5.69 Å². The van der Waals surface area contributed by atoms with E-state index in [1.165, 1.54) is 25.3 Å². The van der Waals surface area contributed by atoms with E-state index >= 15 is 0 Å². The zero-order chi connectivity index (χ0) is 21.0. The molecule has 0 aliphatic carbocycles. The van der Waals surface area contributed by atoms with E-state index in [1.54, 1.807) is 0 Å². The van der Waals surface area contributed by atoms with E-state index in [0.717, 1.165) is 5.56 Å². The Morgan fingerprint density at radius 3 is 2.66 bits per heavy atom. The first-order chi connectivity index (χ1) is 13.9. The molecular formula is C20H20N4O5. The lowest BCUT2D eigenvalue weighted by molar-refractivity contribution is -0.385. The monoisotopic (exact) mass is 396 g/mol. The van der Waals surface area contributed by atoms with Crippen LogP contribution >= 0.6 is 0 Å². The summed E-state index contributed by atoms with van der Waals surface area (Å²) in [6.45, 7) is 4.09. The minimum atomic E-state index is -0.896. The van der Waals surface area contributed by atoms with Crippen molar-refractivity contribution in [1.82, 2.24) is 16.0 Å². The number of rotatable bonds is 6. The van der Waals surface area contributed by atoms with Gasteiger partial charge in [0.15, 0.2) is 0 Å². The molecule has 0 saturated carbocycles. The number of hydrogen-bond donors (Lipinski definition) is 3. The lowest BCUT2D eigenvalue weighted by Gasteiger charge is -2.34. The van der Waals surface area contributed by atoms with Crippen molar-refractivity contribution >= 4 is 17.6 Å². The summed E-state index contributed by atoms with van der Waals surface area (Å²) in [6, 6.07) is 11.9. The predicted octanol–water partition coefficient (Wildman–Crippen LogP) is 2.40. The second-order valence-electron chi connectivity index (χ2n) is 6.47. The molecule has 3 amide bonds. The van der Waals surface area contributed by atoms with E-state index in [-0.39, 0.29) is 23.8 Å². The minimum absolute atomic E-state index is 0.178. The number of nitrogens with zero attached hydrogens (tertiary/aromatic N) is 1. The largest absolute Gasteiger partial charge is 0.496 e. The summed E-state index contributed by atoms with van der Waals surface area (Å²) in [5.41, 5.74) is 1.24. The highest BCUT2D eigenvalue weighted by Crippen LogP contribution is 2.37. The van der Waals surface area contributed by atoms with Crippen LogP contribution in [0.4, 0.5) is 10.5 Å². The van der Waals surface area contributed by atoms with Gasteiger partial charge in [-0.15, -0.1) is 0 Å². The second-order valence-corrected chi connectivity index (χ2v) is 6.47. The van der Waals surface area contributed by atoms with E-state index in [1.807, 2.05) is 30.3 Å². The van der Waals surface area contributed by atoms with Crippen LogP contribution in [0.3, 0.4) is 0 Å². The predicted molar refractivity (Wildman–Crippen MR) is 105 cm³/mol. The number of benzene rings is 2. The number of amides is 3. The molecule has 1 aliphatic heterocycles. The maximum absolute atomic E-state index is 13.0. The van der Waals surface area contributed by atoms with Crippen molar-refractivity contribution in [2.24, 2.45) is 5.92 Å². The van der Waals surface area contributed by atoms with Gasteiger partial charge >= 0.3 is 6.03 Å². The van der Waals surface area contributed by atoms with Gasteiger partial charge in [-0.2, -0.15) is 0 Å². The van der Waals surface area contributed by atoms with Crippen LogP contribution in [0.25, 0.3) is 0 Å².